The van der Waals surface area contributed by atoms with Crippen molar-refractivity contribution in [3.8, 4) is 23.0 Å². The zero-order chi connectivity index (χ0) is 23.9. The van der Waals surface area contributed by atoms with Gasteiger partial charge in [0.15, 0.2) is 11.6 Å². The summed E-state index contributed by atoms with van der Waals surface area (Å²) in [5.74, 6) is 1.85. The van der Waals surface area contributed by atoms with Gasteiger partial charge in [-0.3, -0.25) is 9.80 Å². The fraction of sp³-hybridized carbons (Fsp3) is 0.345. The van der Waals surface area contributed by atoms with Crippen molar-refractivity contribution in [3.63, 3.8) is 0 Å². The van der Waals surface area contributed by atoms with Crippen LogP contribution in [0.3, 0.4) is 0 Å². The monoisotopic (exact) mass is 724 g/mol. The molecular formula is C29H31Cl3N7Nd. The average molecular weight is 728 g/mol. The molecule has 0 unspecified atom stereocenters. The largest absolute Gasteiger partial charge is 3.00 e. The summed E-state index contributed by atoms with van der Waals surface area (Å²) in [6.45, 7) is 6.24. The zero-order valence-electron chi connectivity index (χ0n) is 22.2. The molecule has 5 heterocycles. The Hall–Kier alpha value is -1.33. The maximum atomic E-state index is 5.17. The van der Waals surface area contributed by atoms with Crippen LogP contribution in [0.5, 0.6) is 0 Å². The maximum Gasteiger partial charge on any atom is 3.00 e. The molecule has 0 amide bonds. The number of nitrogens with zero attached hydrogens (tertiary/aromatic N) is 7. The number of para-hydroxylation sites is 4. The van der Waals surface area contributed by atoms with Gasteiger partial charge in [0, 0.05) is 0 Å². The Labute approximate surface area is 286 Å². The van der Waals surface area contributed by atoms with Gasteiger partial charge in [0.05, 0.1) is 35.4 Å². The predicted octanol–water partition coefficient (Wildman–Crippen LogP) is -3.77. The van der Waals surface area contributed by atoms with Gasteiger partial charge in [0.1, 0.15) is 11.4 Å². The zero-order valence-corrected chi connectivity index (χ0v) is 27.7. The second-order valence-electron chi connectivity index (χ2n) is 10.0. The van der Waals surface area contributed by atoms with Crippen LogP contribution in [-0.4, -0.2) is 60.1 Å². The van der Waals surface area contributed by atoms with E-state index in [1.54, 1.807) is 0 Å². The van der Waals surface area contributed by atoms with Crippen LogP contribution in [0, 0.1) is 40.8 Å². The Morgan fingerprint density at radius 2 is 0.900 bits per heavy atom. The van der Waals surface area contributed by atoms with Crippen molar-refractivity contribution in [1.82, 2.24) is 33.9 Å². The van der Waals surface area contributed by atoms with Crippen LogP contribution in [-0.2, 0) is 13.3 Å². The van der Waals surface area contributed by atoms with E-state index in [9.17, 15) is 0 Å². The van der Waals surface area contributed by atoms with E-state index >= 15 is 0 Å². The summed E-state index contributed by atoms with van der Waals surface area (Å²) < 4.78 is 4.67. The van der Waals surface area contributed by atoms with Crippen LogP contribution in [0.4, 0.5) is 0 Å². The number of likely N-dealkylation sites (tertiary alicyclic amines) is 2. The molecule has 11 heteroatoms. The molecule has 2 saturated heterocycles. The van der Waals surface area contributed by atoms with Gasteiger partial charge in [-0.1, -0.05) is 30.3 Å². The number of fused-ring (bicyclic) bond motifs is 2. The van der Waals surface area contributed by atoms with Gasteiger partial charge in [0.25, 0.3) is 0 Å². The molecule has 0 aliphatic carbocycles. The van der Waals surface area contributed by atoms with Gasteiger partial charge in [-0.05, 0) is 88.3 Å². The molecule has 2 aromatic carbocycles. The Kier molecular flexibility index (Phi) is 12.2. The summed E-state index contributed by atoms with van der Waals surface area (Å²) in [6, 6.07) is 23.1. The van der Waals surface area contributed by atoms with Crippen molar-refractivity contribution >= 4 is 22.1 Å². The van der Waals surface area contributed by atoms with E-state index in [4.69, 9.17) is 15.0 Å². The number of rotatable bonds is 6. The standard InChI is InChI=1S/C29H31N7.3ClH.Nd/c1-3-14-26-22(10-1)31-28(35(26)20-33-16-5-6-17-33)24-12-9-13-25(30-24)29-32-23-11-2-4-15-27(23)36(29)21-34-18-7-8-19-34;;;;/h1-4,9-15H,5-8,16-21H2;3*1H;/q;;;;+3/p-3. The second kappa shape index (κ2) is 14.7. The quantitative estimate of drug-likeness (QED) is 0.180. The molecule has 3 aromatic heterocycles. The summed E-state index contributed by atoms with van der Waals surface area (Å²) >= 11 is 0. The molecule has 0 saturated carbocycles. The third-order valence-corrected chi connectivity index (χ3v) is 7.60. The first kappa shape index (κ1) is 33.2. The molecular weight excluding hydrogens is 697 g/mol. The van der Waals surface area contributed by atoms with Gasteiger partial charge in [-0.2, -0.15) is 0 Å². The number of halogens is 3. The Morgan fingerprint density at radius 3 is 1.32 bits per heavy atom. The fourth-order valence-corrected chi connectivity index (χ4v) is 5.76. The first-order valence-corrected chi connectivity index (χ1v) is 13.2. The van der Waals surface area contributed by atoms with Crippen LogP contribution in [0.2, 0.25) is 0 Å². The minimum atomic E-state index is 0. The first-order chi connectivity index (χ1) is 17.8. The number of benzene rings is 2. The molecule has 2 aliphatic heterocycles. The van der Waals surface area contributed by atoms with E-state index in [0.717, 1.165) is 84.6 Å². The number of hydrogen-bond acceptors (Lipinski definition) is 5. The average Bonchev–Trinajstić information content (AvgIpc) is 3.73. The summed E-state index contributed by atoms with van der Waals surface area (Å²) in [5.41, 5.74) is 6.13. The Balaban J connectivity index is 0.00000110. The molecule has 7 rings (SSSR count). The van der Waals surface area contributed by atoms with E-state index in [1.165, 1.54) is 25.7 Å². The van der Waals surface area contributed by atoms with Crippen molar-refractivity contribution in [1.29, 1.82) is 0 Å². The van der Waals surface area contributed by atoms with Crippen molar-refractivity contribution in [2.24, 2.45) is 0 Å². The number of pyridine rings is 1. The number of hydrogen-bond donors (Lipinski definition) is 0. The van der Waals surface area contributed by atoms with Gasteiger partial charge in [-0.25, -0.2) is 15.0 Å². The van der Waals surface area contributed by atoms with Crippen molar-refractivity contribution in [2.75, 3.05) is 26.2 Å². The van der Waals surface area contributed by atoms with E-state index < -0.39 is 0 Å². The number of imidazole rings is 2. The fourth-order valence-electron chi connectivity index (χ4n) is 5.76. The molecule has 207 valence electrons. The molecule has 0 spiro atoms. The molecule has 2 fully saturated rings. The second-order valence-corrected chi connectivity index (χ2v) is 10.0. The summed E-state index contributed by atoms with van der Waals surface area (Å²) in [4.78, 5) is 20.3. The molecule has 2 aliphatic rings. The molecule has 1 radical (unpaired) electrons. The number of aromatic nitrogens is 5. The topological polar surface area (TPSA) is 55.0 Å². The summed E-state index contributed by atoms with van der Waals surface area (Å²) in [7, 11) is 0. The van der Waals surface area contributed by atoms with Crippen LogP contribution in [0.25, 0.3) is 45.1 Å². The van der Waals surface area contributed by atoms with Gasteiger partial charge >= 0.3 is 40.8 Å². The smallest absolute Gasteiger partial charge is 1.00 e. The summed E-state index contributed by atoms with van der Waals surface area (Å²) in [5, 5.41) is 0. The predicted molar refractivity (Wildman–Crippen MR) is 143 cm³/mol. The summed E-state index contributed by atoms with van der Waals surface area (Å²) in [6.07, 6.45) is 5.07. The van der Waals surface area contributed by atoms with Crippen LogP contribution < -0.4 is 37.2 Å². The Morgan fingerprint density at radius 1 is 0.500 bits per heavy atom. The van der Waals surface area contributed by atoms with Crippen LogP contribution >= 0.6 is 0 Å². The third kappa shape index (κ3) is 6.51. The van der Waals surface area contributed by atoms with Gasteiger partial charge < -0.3 is 46.4 Å². The Bertz CT molecular complexity index is 1430. The maximum absolute atomic E-state index is 5.17. The molecule has 0 bridgehead atoms. The van der Waals surface area contributed by atoms with Crippen molar-refractivity contribution < 1.29 is 78.1 Å². The molecule has 7 nitrogen and oxygen atoms in total. The minimum absolute atomic E-state index is 0. The van der Waals surface area contributed by atoms with E-state index in [2.05, 4.69) is 85.7 Å². The molecule has 0 atom stereocenters. The van der Waals surface area contributed by atoms with E-state index in [0.29, 0.717) is 0 Å². The van der Waals surface area contributed by atoms with Crippen LogP contribution in [0.15, 0.2) is 66.7 Å². The molecule has 0 N–H and O–H groups in total. The van der Waals surface area contributed by atoms with E-state index in [1.807, 2.05) is 0 Å². The third-order valence-electron chi connectivity index (χ3n) is 7.60. The van der Waals surface area contributed by atoms with E-state index in [-0.39, 0.29) is 78.1 Å². The normalized spacial score (nSPS) is 15.4. The van der Waals surface area contributed by atoms with Crippen molar-refractivity contribution in [2.45, 2.75) is 39.0 Å². The minimum Gasteiger partial charge on any atom is -1.00 e. The first-order valence-electron chi connectivity index (χ1n) is 13.2. The molecule has 40 heavy (non-hydrogen) atoms. The van der Waals surface area contributed by atoms with Gasteiger partial charge in [0.2, 0.25) is 0 Å². The SMILES string of the molecule is [Cl-].[Cl-].[Cl-].[Nd+3].c1cc(-c2nc3ccccc3n2CN2CCCC2)nc(-c2nc3ccccc3n2CN2CCCC2)c1. The molecule has 5 aromatic rings. The van der Waals surface area contributed by atoms with Crippen molar-refractivity contribution in [3.05, 3.63) is 66.7 Å². The van der Waals surface area contributed by atoms with Crippen LogP contribution in [0.1, 0.15) is 25.7 Å². The van der Waals surface area contributed by atoms with Gasteiger partial charge in [-0.15, -0.1) is 0 Å².